The van der Waals surface area contributed by atoms with Crippen LogP contribution in [0.2, 0.25) is 0 Å². The molecule has 0 aliphatic heterocycles. The maximum atomic E-state index is 9.82. The zero-order valence-corrected chi connectivity index (χ0v) is 5.33. The molecular weight excluding hydrogens is 120 g/mol. The van der Waals surface area contributed by atoms with Crippen LogP contribution in [0.25, 0.3) is 0 Å². The molecule has 3 heteroatoms. The van der Waals surface area contributed by atoms with Crippen molar-refractivity contribution in [1.29, 1.82) is 0 Å². The van der Waals surface area contributed by atoms with Crippen molar-refractivity contribution < 1.29 is 14.6 Å². The van der Waals surface area contributed by atoms with Crippen molar-refractivity contribution in [3.63, 3.8) is 0 Å². The van der Waals surface area contributed by atoms with E-state index in [4.69, 9.17) is 9.84 Å². The lowest BCUT2D eigenvalue weighted by molar-refractivity contribution is -0.131. The fourth-order valence-electron chi connectivity index (χ4n) is 0.335. The van der Waals surface area contributed by atoms with Crippen LogP contribution in [0.4, 0.5) is 0 Å². The molecular formula is C6H10O3. The Morgan fingerprint density at radius 3 is 2.89 bits per heavy atom. The Morgan fingerprint density at radius 1 is 1.78 bits per heavy atom. The van der Waals surface area contributed by atoms with Gasteiger partial charge in [0.25, 0.3) is 0 Å². The van der Waals surface area contributed by atoms with E-state index in [2.05, 4.69) is 0 Å². The summed E-state index contributed by atoms with van der Waals surface area (Å²) in [6.07, 6.45) is 2.53. The summed E-state index contributed by atoms with van der Waals surface area (Å²) in [4.78, 5) is 9.82. The van der Waals surface area contributed by atoms with Crippen LogP contribution in [0, 0.1) is 0 Å². The van der Waals surface area contributed by atoms with Crippen LogP contribution in [0.1, 0.15) is 6.92 Å². The first-order chi connectivity index (χ1) is 4.27. The zero-order chi connectivity index (χ0) is 7.11. The lowest BCUT2D eigenvalue weighted by Gasteiger charge is -1.90. The van der Waals surface area contributed by atoms with E-state index < -0.39 is 5.97 Å². The first kappa shape index (κ1) is 8.17. The van der Waals surface area contributed by atoms with Crippen LogP contribution in [0.3, 0.4) is 0 Å². The Kier molecular flexibility index (Phi) is 4.82. The summed E-state index contributed by atoms with van der Waals surface area (Å²) in [5, 5.41) is 8.07. The van der Waals surface area contributed by atoms with Crippen LogP contribution >= 0.6 is 0 Å². The van der Waals surface area contributed by atoms with Gasteiger partial charge in [0.05, 0.1) is 6.61 Å². The van der Waals surface area contributed by atoms with Gasteiger partial charge in [0, 0.05) is 12.7 Å². The SMILES string of the molecule is CCOC/C=C/C(=O)O. The molecule has 0 radical (unpaired) electrons. The van der Waals surface area contributed by atoms with Crippen LogP contribution in [-0.2, 0) is 9.53 Å². The van der Waals surface area contributed by atoms with E-state index in [1.165, 1.54) is 6.08 Å². The molecule has 0 aliphatic carbocycles. The topological polar surface area (TPSA) is 46.5 Å². The highest BCUT2D eigenvalue weighted by Gasteiger charge is 1.82. The number of hydrogen-bond acceptors (Lipinski definition) is 2. The highest BCUT2D eigenvalue weighted by Crippen LogP contribution is 1.76. The molecule has 52 valence electrons. The van der Waals surface area contributed by atoms with Gasteiger partial charge in [-0.15, -0.1) is 0 Å². The van der Waals surface area contributed by atoms with Crippen molar-refractivity contribution in [3.05, 3.63) is 12.2 Å². The van der Waals surface area contributed by atoms with Crippen molar-refractivity contribution >= 4 is 5.97 Å². The van der Waals surface area contributed by atoms with Crippen LogP contribution in [0.15, 0.2) is 12.2 Å². The van der Waals surface area contributed by atoms with Gasteiger partial charge < -0.3 is 9.84 Å². The van der Waals surface area contributed by atoms with E-state index in [1.54, 1.807) is 0 Å². The van der Waals surface area contributed by atoms with E-state index in [0.29, 0.717) is 13.2 Å². The molecule has 0 saturated heterocycles. The second-order valence-corrected chi connectivity index (χ2v) is 1.40. The number of aliphatic carboxylic acids is 1. The highest BCUT2D eigenvalue weighted by molar-refractivity contribution is 5.79. The van der Waals surface area contributed by atoms with Crippen molar-refractivity contribution in [2.75, 3.05) is 13.2 Å². The monoisotopic (exact) mass is 130 g/mol. The second kappa shape index (κ2) is 5.31. The summed E-state index contributed by atoms with van der Waals surface area (Å²) >= 11 is 0. The summed E-state index contributed by atoms with van der Waals surface area (Å²) in [5.74, 6) is -0.935. The minimum atomic E-state index is -0.935. The number of carboxylic acids is 1. The molecule has 0 spiro atoms. The first-order valence-electron chi connectivity index (χ1n) is 2.74. The van der Waals surface area contributed by atoms with Crippen molar-refractivity contribution in [1.82, 2.24) is 0 Å². The molecule has 0 aliphatic rings. The Balaban J connectivity index is 3.15. The second-order valence-electron chi connectivity index (χ2n) is 1.40. The molecule has 9 heavy (non-hydrogen) atoms. The Bertz CT molecular complexity index is 107. The minimum absolute atomic E-state index is 0.378. The molecule has 1 N–H and O–H groups in total. The lowest BCUT2D eigenvalue weighted by atomic mass is 10.5. The molecule has 0 bridgehead atoms. The van der Waals surface area contributed by atoms with Gasteiger partial charge in [0.15, 0.2) is 0 Å². The summed E-state index contributed by atoms with van der Waals surface area (Å²) < 4.78 is 4.83. The van der Waals surface area contributed by atoms with Crippen LogP contribution in [0.5, 0.6) is 0 Å². The first-order valence-corrected chi connectivity index (χ1v) is 2.74. The molecule has 0 amide bonds. The Labute approximate surface area is 53.9 Å². The third-order valence-electron chi connectivity index (χ3n) is 0.679. The predicted molar refractivity (Wildman–Crippen MR) is 33.3 cm³/mol. The zero-order valence-electron chi connectivity index (χ0n) is 5.33. The third-order valence-corrected chi connectivity index (χ3v) is 0.679. The van der Waals surface area contributed by atoms with Gasteiger partial charge in [-0.25, -0.2) is 4.79 Å². The molecule has 0 aromatic heterocycles. The molecule has 0 saturated carbocycles. The molecule has 0 aromatic carbocycles. The van der Waals surface area contributed by atoms with Gasteiger partial charge in [0.1, 0.15) is 0 Å². The molecule has 0 unspecified atom stereocenters. The largest absolute Gasteiger partial charge is 0.478 e. The highest BCUT2D eigenvalue weighted by atomic mass is 16.5. The van der Waals surface area contributed by atoms with Crippen LogP contribution < -0.4 is 0 Å². The molecule has 3 nitrogen and oxygen atoms in total. The third kappa shape index (κ3) is 7.17. The van der Waals surface area contributed by atoms with Gasteiger partial charge >= 0.3 is 5.97 Å². The van der Waals surface area contributed by atoms with Crippen molar-refractivity contribution in [2.24, 2.45) is 0 Å². The maximum absolute atomic E-state index is 9.82. The molecule has 0 aromatic rings. The number of ether oxygens (including phenoxy) is 1. The lowest BCUT2D eigenvalue weighted by Crippen LogP contribution is -1.91. The smallest absolute Gasteiger partial charge is 0.328 e. The van der Waals surface area contributed by atoms with E-state index in [1.807, 2.05) is 6.92 Å². The van der Waals surface area contributed by atoms with Gasteiger partial charge in [-0.05, 0) is 6.92 Å². The van der Waals surface area contributed by atoms with Gasteiger partial charge in [-0.2, -0.15) is 0 Å². The fourth-order valence-corrected chi connectivity index (χ4v) is 0.335. The number of rotatable bonds is 4. The summed E-state index contributed by atoms with van der Waals surface area (Å²) in [6.45, 7) is 2.85. The minimum Gasteiger partial charge on any atom is -0.478 e. The predicted octanol–water partition coefficient (Wildman–Crippen LogP) is 0.664. The van der Waals surface area contributed by atoms with E-state index in [-0.39, 0.29) is 0 Å². The standard InChI is InChI=1S/C6H10O3/c1-2-9-5-3-4-6(7)8/h3-4H,2,5H2,1H3,(H,7,8)/b4-3+. The van der Waals surface area contributed by atoms with Crippen LogP contribution in [-0.4, -0.2) is 24.3 Å². The summed E-state index contributed by atoms with van der Waals surface area (Å²) in [6, 6.07) is 0. The quantitative estimate of drug-likeness (QED) is 0.449. The van der Waals surface area contributed by atoms with Gasteiger partial charge in [-0.1, -0.05) is 6.08 Å². The summed E-state index contributed by atoms with van der Waals surface area (Å²) in [7, 11) is 0. The van der Waals surface area contributed by atoms with Crippen molar-refractivity contribution in [3.8, 4) is 0 Å². The molecule has 0 atom stereocenters. The van der Waals surface area contributed by atoms with E-state index in [0.717, 1.165) is 6.08 Å². The Morgan fingerprint density at radius 2 is 2.44 bits per heavy atom. The average Bonchev–Trinajstić information content (AvgIpc) is 1.80. The molecule has 0 rings (SSSR count). The fraction of sp³-hybridized carbons (Fsp3) is 0.500. The molecule has 0 fully saturated rings. The van der Waals surface area contributed by atoms with E-state index >= 15 is 0 Å². The molecule has 0 heterocycles. The number of carboxylic acid groups (broad SMARTS) is 1. The van der Waals surface area contributed by atoms with E-state index in [9.17, 15) is 4.79 Å². The van der Waals surface area contributed by atoms with Gasteiger partial charge in [0.2, 0.25) is 0 Å². The van der Waals surface area contributed by atoms with Gasteiger partial charge in [-0.3, -0.25) is 0 Å². The maximum Gasteiger partial charge on any atom is 0.328 e. The average molecular weight is 130 g/mol. The number of hydrogen-bond donors (Lipinski definition) is 1. The van der Waals surface area contributed by atoms with Crippen molar-refractivity contribution in [2.45, 2.75) is 6.92 Å². The Hall–Kier alpha value is -0.830. The number of carbonyl (C=O) groups is 1. The summed E-state index contributed by atoms with van der Waals surface area (Å²) in [5.41, 5.74) is 0. The normalized spacial score (nSPS) is 10.3.